The van der Waals surface area contributed by atoms with Crippen molar-refractivity contribution in [1.82, 2.24) is 15.0 Å². The smallest absolute Gasteiger partial charge is 0.124 e. The molecule has 4 nitrogen and oxygen atoms in total. The fraction of sp³-hybridized carbons (Fsp3) is 0.152. The molecule has 246 valence electrons. The lowest BCUT2D eigenvalue weighted by atomic mass is 9.84. The maximum atomic E-state index is 11.3. The molecular formula is C46H41N3O. The maximum Gasteiger partial charge on any atom is 0.124 e. The SMILES string of the molecule is Cc1cc(-c2cc(-c3cc(-c4cc(-c5ccccc5)ccn4)cc(C(C)(C)C)c3)nc(-c3cc(Cc4ccccc4)ccc3O)c2)cc(C)n1. The van der Waals surface area contributed by atoms with Gasteiger partial charge >= 0.3 is 0 Å². The van der Waals surface area contributed by atoms with Crippen molar-refractivity contribution in [2.24, 2.45) is 0 Å². The Bertz CT molecular complexity index is 2280. The average molecular weight is 652 g/mol. The third-order valence-electron chi connectivity index (χ3n) is 9.09. The summed E-state index contributed by atoms with van der Waals surface area (Å²) in [5.41, 5.74) is 14.8. The summed E-state index contributed by atoms with van der Waals surface area (Å²) in [6.45, 7) is 10.7. The van der Waals surface area contributed by atoms with Crippen molar-refractivity contribution >= 4 is 0 Å². The van der Waals surface area contributed by atoms with Crippen LogP contribution in [0, 0.1) is 13.8 Å². The summed E-state index contributed by atoms with van der Waals surface area (Å²) in [4.78, 5) is 14.8. The molecule has 3 heterocycles. The first-order valence-corrected chi connectivity index (χ1v) is 17.1. The number of hydrogen-bond acceptors (Lipinski definition) is 4. The minimum Gasteiger partial charge on any atom is -0.507 e. The molecule has 4 heteroatoms. The summed E-state index contributed by atoms with van der Waals surface area (Å²) >= 11 is 0. The molecule has 0 aliphatic rings. The van der Waals surface area contributed by atoms with E-state index in [1.165, 1.54) is 11.1 Å². The molecule has 0 aliphatic carbocycles. The normalized spacial score (nSPS) is 11.5. The standard InChI is InChI=1S/C46H41N3O/c1-30-20-36(21-31(2)48-30)37-28-43(49-44(29-37)41-23-33(16-17-45(41)50)22-32-12-8-6-9-13-32)39-24-38(25-40(26-39)46(3,4)5)42-27-35(18-19-47-42)34-14-10-7-11-15-34/h6-21,23-29,50H,22H2,1-5H3. The number of hydrogen-bond donors (Lipinski definition) is 1. The zero-order chi connectivity index (χ0) is 34.8. The Kier molecular flexibility index (Phi) is 8.86. The molecule has 0 unspecified atom stereocenters. The molecular weight excluding hydrogens is 611 g/mol. The lowest BCUT2D eigenvalue weighted by molar-refractivity contribution is 0.477. The second-order valence-electron chi connectivity index (χ2n) is 14.1. The Morgan fingerprint density at radius 3 is 1.82 bits per heavy atom. The van der Waals surface area contributed by atoms with E-state index in [4.69, 9.17) is 9.97 Å². The highest BCUT2D eigenvalue weighted by atomic mass is 16.3. The lowest BCUT2D eigenvalue weighted by Crippen LogP contribution is -2.11. The van der Waals surface area contributed by atoms with Crippen LogP contribution >= 0.6 is 0 Å². The summed E-state index contributed by atoms with van der Waals surface area (Å²) < 4.78 is 0. The van der Waals surface area contributed by atoms with Gasteiger partial charge in [0.2, 0.25) is 0 Å². The monoisotopic (exact) mass is 651 g/mol. The first kappa shape index (κ1) is 32.7. The summed E-state index contributed by atoms with van der Waals surface area (Å²) in [6.07, 6.45) is 2.65. The van der Waals surface area contributed by atoms with Crippen LogP contribution in [0.15, 0.2) is 140 Å². The molecule has 50 heavy (non-hydrogen) atoms. The number of nitrogens with zero attached hydrogens (tertiary/aromatic N) is 3. The zero-order valence-electron chi connectivity index (χ0n) is 29.3. The number of aromatic hydroxyl groups is 1. The molecule has 7 rings (SSSR count). The van der Waals surface area contributed by atoms with Crippen molar-refractivity contribution in [3.05, 3.63) is 168 Å². The predicted octanol–water partition coefficient (Wildman–Crippen LogP) is 11.4. The van der Waals surface area contributed by atoms with Gasteiger partial charge in [-0.25, -0.2) is 4.98 Å². The molecule has 7 aromatic rings. The molecule has 0 amide bonds. The Morgan fingerprint density at radius 2 is 1.12 bits per heavy atom. The van der Waals surface area contributed by atoms with E-state index in [2.05, 4.69) is 135 Å². The molecule has 0 atom stereocenters. The van der Waals surface area contributed by atoms with Gasteiger partial charge in [0.15, 0.2) is 0 Å². The molecule has 0 aliphatic heterocycles. The Labute approximate surface area is 295 Å². The van der Waals surface area contributed by atoms with Crippen LogP contribution in [-0.4, -0.2) is 20.1 Å². The minimum atomic E-state index is -0.119. The third-order valence-corrected chi connectivity index (χ3v) is 9.09. The molecule has 1 N–H and O–H groups in total. The molecule has 4 aromatic carbocycles. The average Bonchev–Trinajstić information content (AvgIpc) is 3.12. The van der Waals surface area contributed by atoms with Crippen LogP contribution < -0.4 is 0 Å². The van der Waals surface area contributed by atoms with Gasteiger partial charge in [-0.3, -0.25) is 9.97 Å². The van der Waals surface area contributed by atoms with Crippen molar-refractivity contribution < 1.29 is 5.11 Å². The van der Waals surface area contributed by atoms with Crippen LogP contribution in [-0.2, 0) is 11.8 Å². The van der Waals surface area contributed by atoms with Gasteiger partial charge in [0.1, 0.15) is 5.75 Å². The van der Waals surface area contributed by atoms with Crippen molar-refractivity contribution in [1.29, 1.82) is 0 Å². The molecule has 3 aromatic heterocycles. The highest BCUT2D eigenvalue weighted by Gasteiger charge is 2.19. The van der Waals surface area contributed by atoms with Gasteiger partial charge in [0.05, 0.1) is 17.1 Å². The van der Waals surface area contributed by atoms with E-state index in [1.54, 1.807) is 6.07 Å². The summed E-state index contributed by atoms with van der Waals surface area (Å²) in [7, 11) is 0. The summed E-state index contributed by atoms with van der Waals surface area (Å²) in [5, 5.41) is 11.3. The van der Waals surface area contributed by atoms with Gasteiger partial charge in [0.25, 0.3) is 0 Å². The topological polar surface area (TPSA) is 58.9 Å². The molecule has 0 bridgehead atoms. The largest absolute Gasteiger partial charge is 0.507 e. The number of aromatic nitrogens is 3. The van der Waals surface area contributed by atoms with Crippen molar-refractivity contribution in [3.63, 3.8) is 0 Å². The van der Waals surface area contributed by atoms with Gasteiger partial charge in [-0.05, 0) is 131 Å². The molecule has 0 saturated heterocycles. The van der Waals surface area contributed by atoms with E-state index < -0.39 is 0 Å². The van der Waals surface area contributed by atoms with E-state index in [9.17, 15) is 5.11 Å². The van der Waals surface area contributed by atoms with Crippen LogP contribution in [0.2, 0.25) is 0 Å². The first-order chi connectivity index (χ1) is 24.1. The van der Waals surface area contributed by atoms with Gasteiger partial charge < -0.3 is 5.11 Å². The fourth-order valence-electron chi connectivity index (χ4n) is 6.47. The summed E-state index contributed by atoms with van der Waals surface area (Å²) in [5.74, 6) is 0.200. The van der Waals surface area contributed by atoms with Crippen molar-refractivity contribution in [2.75, 3.05) is 0 Å². The minimum absolute atomic E-state index is 0.119. The number of phenols is 1. The third kappa shape index (κ3) is 7.25. The van der Waals surface area contributed by atoms with E-state index in [0.29, 0.717) is 11.3 Å². The number of pyridine rings is 3. The number of phenolic OH excluding ortho intramolecular Hbond substituents is 1. The van der Waals surface area contributed by atoms with Gasteiger partial charge in [-0.15, -0.1) is 0 Å². The Morgan fingerprint density at radius 1 is 0.500 bits per heavy atom. The second-order valence-corrected chi connectivity index (χ2v) is 14.1. The maximum absolute atomic E-state index is 11.3. The molecule has 0 radical (unpaired) electrons. The number of rotatable bonds is 7. The highest BCUT2D eigenvalue weighted by Crippen LogP contribution is 2.38. The van der Waals surface area contributed by atoms with Crippen LogP contribution in [0.25, 0.3) is 56.0 Å². The Balaban J connectivity index is 1.41. The van der Waals surface area contributed by atoms with Gasteiger partial charge in [-0.2, -0.15) is 0 Å². The molecule has 0 fully saturated rings. The van der Waals surface area contributed by atoms with E-state index in [-0.39, 0.29) is 11.2 Å². The molecule has 0 spiro atoms. The van der Waals surface area contributed by atoms with Crippen LogP contribution in [0.3, 0.4) is 0 Å². The van der Waals surface area contributed by atoms with Crippen LogP contribution in [0.1, 0.15) is 48.8 Å². The summed E-state index contributed by atoms with van der Waals surface area (Å²) in [6, 6.07) is 46.0. The van der Waals surface area contributed by atoms with Crippen molar-refractivity contribution in [3.8, 4) is 61.8 Å². The quantitative estimate of drug-likeness (QED) is 0.186. The van der Waals surface area contributed by atoms with Gasteiger partial charge in [0, 0.05) is 34.3 Å². The molecule has 0 saturated carbocycles. The van der Waals surface area contributed by atoms with E-state index in [1.807, 2.05) is 38.2 Å². The van der Waals surface area contributed by atoms with Crippen molar-refractivity contribution in [2.45, 2.75) is 46.5 Å². The second kappa shape index (κ2) is 13.6. The predicted molar refractivity (Wildman–Crippen MR) is 206 cm³/mol. The first-order valence-electron chi connectivity index (χ1n) is 17.1. The Hall–Kier alpha value is -5.87. The lowest BCUT2D eigenvalue weighted by Gasteiger charge is -2.22. The van der Waals surface area contributed by atoms with Crippen LogP contribution in [0.5, 0.6) is 5.75 Å². The van der Waals surface area contributed by atoms with E-state index >= 15 is 0 Å². The number of aryl methyl sites for hydroxylation is 2. The van der Waals surface area contributed by atoms with E-state index in [0.717, 1.165) is 68.1 Å². The van der Waals surface area contributed by atoms with Gasteiger partial charge in [-0.1, -0.05) is 87.5 Å². The van der Waals surface area contributed by atoms with Crippen LogP contribution in [0.4, 0.5) is 0 Å². The zero-order valence-corrected chi connectivity index (χ0v) is 29.3. The fourth-order valence-corrected chi connectivity index (χ4v) is 6.47. The number of benzene rings is 4. The highest BCUT2D eigenvalue weighted by molar-refractivity contribution is 5.81.